The van der Waals surface area contributed by atoms with Crippen molar-refractivity contribution in [2.45, 2.75) is 24.0 Å². The summed E-state index contributed by atoms with van der Waals surface area (Å²) in [4.78, 5) is 12.4. The molecular formula is C11H15F2NO2S2. The fourth-order valence-corrected chi connectivity index (χ4v) is 2.94. The second-order valence-electron chi connectivity index (χ2n) is 3.82. The Kier molecular flexibility index (Phi) is 6.59. The minimum atomic E-state index is -2.53. The maximum atomic E-state index is 12.3. The van der Waals surface area contributed by atoms with E-state index < -0.39 is 5.76 Å². The van der Waals surface area contributed by atoms with Gasteiger partial charge in [0.15, 0.2) is 0 Å². The van der Waals surface area contributed by atoms with E-state index in [4.69, 9.17) is 5.11 Å². The second kappa shape index (κ2) is 7.70. The summed E-state index contributed by atoms with van der Waals surface area (Å²) in [6.07, 6.45) is 0.601. The molecule has 3 nitrogen and oxygen atoms in total. The monoisotopic (exact) mass is 295 g/mol. The van der Waals surface area contributed by atoms with Crippen LogP contribution < -0.4 is 5.32 Å². The van der Waals surface area contributed by atoms with Gasteiger partial charge in [-0.1, -0.05) is 18.7 Å². The van der Waals surface area contributed by atoms with Gasteiger partial charge in [0.1, 0.15) is 4.88 Å². The van der Waals surface area contributed by atoms with Gasteiger partial charge in [-0.25, -0.2) is 0 Å². The van der Waals surface area contributed by atoms with Crippen LogP contribution in [0, 0.1) is 5.92 Å². The molecule has 102 valence electrons. The minimum absolute atomic E-state index is 0.0719. The largest absolute Gasteiger partial charge is 0.396 e. The van der Waals surface area contributed by atoms with E-state index in [2.05, 4.69) is 5.32 Å². The standard InChI is InChI=1S/C11H15F2NO2S2/c1-7(2-4-15)6-14-10(16)9-8(3-5-17-9)18-11(12)13/h3,5,7,11,15H,2,4,6H2,1H3,(H,14,16). The Morgan fingerprint density at radius 2 is 2.33 bits per heavy atom. The summed E-state index contributed by atoms with van der Waals surface area (Å²) in [6, 6.07) is 1.52. The number of aliphatic hydroxyl groups is 1. The molecule has 1 aromatic heterocycles. The van der Waals surface area contributed by atoms with Crippen molar-refractivity contribution in [3.63, 3.8) is 0 Å². The molecule has 1 rings (SSSR count). The lowest BCUT2D eigenvalue weighted by molar-refractivity contribution is 0.0947. The number of thioether (sulfide) groups is 1. The minimum Gasteiger partial charge on any atom is -0.396 e. The van der Waals surface area contributed by atoms with E-state index >= 15 is 0 Å². The molecular weight excluding hydrogens is 280 g/mol. The fourth-order valence-electron chi connectivity index (χ4n) is 1.32. The summed E-state index contributed by atoms with van der Waals surface area (Å²) in [5.41, 5.74) is 0. The molecule has 0 aliphatic heterocycles. The van der Waals surface area contributed by atoms with Crippen LogP contribution in [0.3, 0.4) is 0 Å². The van der Waals surface area contributed by atoms with E-state index in [0.717, 1.165) is 11.3 Å². The van der Waals surface area contributed by atoms with Gasteiger partial charge in [-0.3, -0.25) is 4.79 Å². The third-order valence-corrected chi connectivity index (χ3v) is 4.10. The normalized spacial score (nSPS) is 12.7. The lowest BCUT2D eigenvalue weighted by atomic mass is 10.1. The van der Waals surface area contributed by atoms with Gasteiger partial charge < -0.3 is 10.4 Å². The number of carbonyl (C=O) groups excluding carboxylic acids is 1. The molecule has 1 heterocycles. The number of carbonyl (C=O) groups is 1. The van der Waals surface area contributed by atoms with E-state index in [-0.39, 0.29) is 18.4 Å². The van der Waals surface area contributed by atoms with Gasteiger partial charge in [0.25, 0.3) is 11.7 Å². The molecule has 1 unspecified atom stereocenters. The van der Waals surface area contributed by atoms with Gasteiger partial charge in [-0.05, 0) is 23.8 Å². The lowest BCUT2D eigenvalue weighted by Crippen LogP contribution is -2.28. The zero-order valence-corrected chi connectivity index (χ0v) is 11.5. The molecule has 1 aromatic rings. The average molecular weight is 295 g/mol. The third-order valence-electron chi connectivity index (χ3n) is 2.28. The number of aliphatic hydroxyl groups excluding tert-OH is 1. The Hall–Kier alpha value is -0.660. The first kappa shape index (κ1) is 15.4. The zero-order valence-electron chi connectivity index (χ0n) is 9.86. The van der Waals surface area contributed by atoms with Crippen molar-refractivity contribution in [1.29, 1.82) is 0 Å². The van der Waals surface area contributed by atoms with Crippen LogP contribution in [0.15, 0.2) is 16.3 Å². The van der Waals surface area contributed by atoms with Crippen LogP contribution in [0.2, 0.25) is 0 Å². The summed E-state index contributed by atoms with van der Waals surface area (Å²) >= 11 is 1.53. The molecule has 1 atom stereocenters. The highest BCUT2D eigenvalue weighted by molar-refractivity contribution is 7.99. The summed E-state index contributed by atoms with van der Waals surface area (Å²) in [7, 11) is 0. The van der Waals surface area contributed by atoms with Crippen LogP contribution >= 0.6 is 23.1 Å². The molecule has 0 saturated heterocycles. The van der Waals surface area contributed by atoms with E-state index in [1.54, 1.807) is 5.38 Å². The van der Waals surface area contributed by atoms with Gasteiger partial charge in [-0.15, -0.1) is 11.3 Å². The molecule has 0 radical (unpaired) electrons. The average Bonchev–Trinajstić information content (AvgIpc) is 2.73. The van der Waals surface area contributed by atoms with Crippen molar-refractivity contribution in [1.82, 2.24) is 5.32 Å². The summed E-state index contributed by atoms with van der Waals surface area (Å²) in [6.45, 7) is 2.40. The number of rotatable bonds is 7. The summed E-state index contributed by atoms with van der Waals surface area (Å²) in [5.74, 6) is -2.71. The Balaban J connectivity index is 2.53. The Morgan fingerprint density at radius 1 is 1.61 bits per heavy atom. The molecule has 0 aliphatic rings. The number of nitrogens with one attached hydrogen (secondary N) is 1. The number of hydrogen-bond acceptors (Lipinski definition) is 4. The van der Waals surface area contributed by atoms with Crippen LogP contribution in [-0.4, -0.2) is 29.9 Å². The fraction of sp³-hybridized carbons (Fsp3) is 0.545. The predicted octanol–water partition coefficient (Wildman–Crippen LogP) is 2.81. The molecule has 1 amide bonds. The highest BCUT2D eigenvalue weighted by atomic mass is 32.2. The maximum Gasteiger partial charge on any atom is 0.288 e. The third kappa shape index (κ3) is 4.91. The summed E-state index contributed by atoms with van der Waals surface area (Å²) in [5, 5.41) is 13.0. The first-order valence-electron chi connectivity index (χ1n) is 5.46. The van der Waals surface area contributed by atoms with Gasteiger partial charge in [0.05, 0.1) is 0 Å². The van der Waals surface area contributed by atoms with E-state index in [1.165, 1.54) is 6.07 Å². The lowest BCUT2D eigenvalue weighted by Gasteiger charge is -2.11. The van der Waals surface area contributed by atoms with Crippen molar-refractivity contribution in [2.24, 2.45) is 5.92 Å². The van der Waals surface area contributed by atoms with Crippen LogP contribution in [0.4, 0.5) is 8.78 Å². The van der Waals surface area contributed by atoms with Crippen LogP contribution in [-0.2, 0) is 0 Å². The van der Waals surface area contributed by atoms with Crippen LogP contribution in [0.1, 0.15) is 23.0 Å². The van der Waals surface area contributed by atoms with Gasteiger partial charge >= 0.3 is 0 Å². The Bertz CT molecular complexity index is 385. The first-order chi connectivity index (χ1) is 8.54. The molecule has 0 saturated carbocycles. The molecule has 18 heavy (non-hydrogen) atoms. The van der Waals surface area contributed by atoms with Crippen molar-refractivity contribution < 1.29 is 18.7 Å². The highest BCUT2D eigenvalue weighted by Crippen LogP contribution is 2.31. The van der Waals surface area contributed by atoms with Gasteiger partial charge in [0, 0.05) is 18.0 Å². The summed E-state index contributed by atoms with van der Waals surface area (Å²) < 4.78 is 24.5. The number of halogens is 2. The smallest absolute Gasteiger partial charge is 0.288 e. The van der Waals surface area contributed by atoms with Crippen molar-refractivity contribution >= 4 is 29.0 Å². The van der Waals surface area contributed by atoms with Crippen molar-refractivity contribution in [3.05, 3.63) is 16.3 Å². The van der Waals surface area contributed by atoms with Crippen LogP contribution in [0.25, 0.3) is 0 Å². The maximum absolute atomic E-state index is 12.3. The number of amides is 1. The Labute approximate surface area is 113 Å². The second-order valence-corrected chi connectivity index (χ2v) is 5.77. The zero-order chi connectivity index (χ0) is 13.5. The number of thiophene rings is 1. The van der Waals surface area contributed by atoms with E-state index in [1.807, 2.05) is 6.92 Å². The molecule has 7 heteroatoms. The van der Waals surface area contributed by atoms with Gasteiger partial charge in [-0.2, -0.15) is 8.78 Å². The first-order valence-corrected chi connectivity index (χ1v) is 7.22. The molecule has 0 aromatic carbocycles. The van der Waals surface area contributed by atoms with E-state index in [9.17, 15) is 13.6 Å². The molecule has 2 N–H and O–H groups in total. The van der Waals surface area contributed by atoms with Crippen LogP contribution in [0.5, 0.6) is 0 Å². The molecule has 0 fully saturated rings. The number of alkyl halides is 2. The number of hydrogen-bond donors (Lipinski definition) is 2. The van der Waals surface area contributed by atoms with E-state index in [0.29, 0.717) is 34.5 Å². The molecule has 0 bridgehead atoms. The topological polar surface area (TPSA) is 49.3 Å². The van der Waals surface area contributed by atoms with Crippen molar-refractivity contribution in [2.75, 3.05) is 13.2 Å². The van der Waals surface area contributed by atoms with Gasteiger partial charge in [0.2, 0.25) is 0 Å². The van der Waals surface area contributed by atoms with Crippen molar-refractivity contribution in [3.8, 4) is 0 Å². The highest BCUT2D eigenvalue weighted by Gasteiger charge is 2.17. The Morgan fingerprint density at radius 3 is 2.94 bits per heavy atom. The SMILES string of the molecule is CC(CCO)CNC(=O)c1sccc1SC(F)F. The molecule has 0 spiro atoms. The quantitative estimate of drug-likeness (QED) is 0.761. The predicted molar refractivity (Wildman–Crippen MR) is 69.4 cm³/mol. The molecule has 0 aliphatic carbocycles.